The van der Waals surface area contributed by atoms with Gasteiger partial charge in [0.2, 0.25) is 5.91 Å². The van der Waals surface area contributed by atoms with E-state index in [1.54, 1.807) is 44.9 Å². The largest absolute Gasteiger partial charge is 0.497 e. The normalized spacial score (nSPS) is 14.5. The molecule has 154 valence electrons. The van der Waals surface area contributed by atoms with Gasteiger partial charge < -0.3 is 19.5 Å². The molecule has 1 aliphatic heterocycles. The molecule has 1 aliphatic rings. The van der Waals surface area contributed by atoms with Crippen molar-refractivity contribution in [1.82, 2.24) is 15.3 Å². The predicted octanol–water partition coefficient (Wildman–Crippen LogP) is 2.82. The summed E-state index contributed by atoms with van der Waals surface area (Å²) < 4.78 is 16.6. The Labute approximate surface area is 175 Å². The zero-order valence-corrected chi connectivity index (χ0v) is 16.9. The Kier molecular flexibility index (Phi) is 5.79. The fraction of sp³-hybridized carbons (Fsp3) is 0.261. The van der Waals surface area contributed by atoms with Gasteiger partial charge in [-0.3, -0.25) is 14.8 Å². The van der Waals surface area contributed by atoms with Gasteiger partial charge in [0.1, 0.15) is 23.4 Å². The van der Waals surface area contributed by atoms with E-state index in [4.69, 9.17) is 14.2 Å². The quantitative estimate of drug-likeness (QED) is 0.651. The average molecular weight is 405 g/mol. The average Bonchev–Trinajstić information content (AvgIpc) is 3.20. The minimum Gasteiger partial charge on any atom is -0.497 e. The number of hydrogen-bond donors (Lipinski definition) is 1. The Hall–Kier alpha value is -3.61. The molecule has 30 heavy (non-hydrogen) atoms. The second-order valence-electron chi connectivity index (χ2n) is 7.02. The third-order valence-corrected chi connectivity index (χ3v) is 5.03. The Balaban J connectivity index is 1.35. The van der Waals surface area contributed by atoms with E-state index >= 15 is 0 Å². The van der Waals surface area contributed by atoms with Crippen molar-refractivity contribution >= 4 is 5.91 Å². The summed E-state index contributed by atoms with van der Waals surface area (Å²) >= 11 is 0. The number of fused-ring (bicyclic) bond motifs is 1. The highest BCUT2D eigenvalue weighted by Gasteiger charge is 2.24. The highest BCUT2D eigenvalue weighted by atomic mass is 16.5. The standard InChI is InChI=1S/C23H23N3O4/c1-28-18-4-6-21(29-2)17(10-18)12-23(27)26-13-19-11-16-9-15(3-5-22(16)30-19)20-14-24-7-8-25-20/h3-10,14,19H,11-13H2,1-2H3,(H,26,27)/t19-/m1/s1. The molecule has 4 rings (SSSR count). The van der Waals surface area contributed by atoms with Gasteiger partial charge in [-0.05, 0) is 42.0 Å². The van der Waals surface area contributed by atoms with Crippen molar-refractivity contribution in [2.75, 3.05) is 20.8 Å². The molecule has 0 spiro atoms. The van der Waals surface area contributed by atoms with E-state index in [0.29, 0.717) is 18.0 Å². The van der Waals surface area contributed by atoms with Crippen LogP contribution in [0, 0.1) is 0 Å². The lowest BCUT2D eigenvalue weighted by Gasteiger charge is -2.13. The summed E-state index contributed by atoms with van der Waals surface area (Å²) in [5, 5.41) is 2.96. The van der Waals surface area contributed by atoms with Gasteiger partial charge in [-0.1, -0.05) is 0 Å². The predicted molar refractivity (Wildman–Crippen MR) is 112 cm³/mol. The summed E-state index contributed by atoms with van der Waals surface area (Å²) in [5.41, 5.74) is 3.70. The summed E-state index contributed by atoms with van der Waals surface area (Å²) in [4.78, 5) is 20.9. The molecule has 1 amide bonds. The summed E-state index contributed by atoms with van der Waals surface area (Å²) in [6, 6.07) is 11.4. The first-order chi connectivity index (χ1) is 14.7. The van der Waals surface area contributed by atoms with E-state index in [1.165, 1.54) is 0 Å². The molecule has 0 fully saturated rings. The first-order valence-electron chi connectivity index (χ1n) is 9.70. The lowest BCUT2D eigenvalue weighted by atomic mass is 10.0. The van der Waals surface area contributed by atoms with Crippen molar-refractivity contribution in [2.24, 2.45) is 0 Å². The van der Waals surface area contributed by atoms with Crippen molar-refractivity contribution in [1.29, 1.82) is 0 Å². The second-order valence-corrected chi connectivity index (χ2v) is 7.02. The van der Waals surface area contributed by atoms with Crippen LogP contribution in [-0.4, -0.2) is 42.7 Å². The van der Waals surface area contributed by atoms with Crippen LogP contribution in [0.4, 0.5) is 0 Å². The first kappa shape index (κ1) is 19.7. The molecule has 0 aliphatic carbocycles. The topological polar surface area (TPSA) is 82.6 Å². The van der Waals surface area contributed by atoms with Gasteiger partial charge in [0.05, 0.1) is 39.1 Å². The maximum Gasteiger partial charge on any atom is 0.224 e. The van der Waals surface area contributed by atoms with Gasteiger partial charge in [-0.15, -0.1) is 0 Å². The highest BCUT2D eigenvalue weighted by Crippen LogP contribution is 2.32. The van der Waals surface area contributed by atoms with E-state index in [0.717, 1.165) is 34.6 Å². The summed E-state index contributed by atoms with van der Waals surface area (Å²) in [7, 11) is 3.18. The van der Waals surface area contributed by atoms with E-state index < -0.39 is 0 Å². The summed E-state index contributed by atoms with van der Waals surface area (Å²) in [6.07, 6.45) is 5.90. The number of ether oxygens (including phenoxy) is 3. The SMILES string of the molecule is COc1ccc(OC)c(CC(=O)NC[C@H]2Cc3cc(-c4cnccn4)ccc3O2)c1. The number of methoxy groups -OCH3 is 2. The van der Waals surface area contributed by atoms with Crippen LogP contribution >= 0.6 is 0 Å². The van der Waals surface area contributed by atoms with Crippen LogP contribution in [0.3, 0.4) is 0 Å². The number of benzene rings is 2. The first-order valence-corrected chi connectivity index (χ1v) is 9.70. The van der Waals surface area contributed by atoms with Crippen LogP contribution in [-0.2, 0) is 17.6 Å². The van der Waals surface area contributed by atoms with E-state index in [-0.39, 0.29) is 18.4 Å². The number of rotatable bonds is 7. The molecule has 2 aromatic carbocycles. The van der Waals surface area contributed by atoms with Crippen LogP contribution < -0.4 is 19.5 Å². The lowest BCUT2D eigenvalue weighted by molar-refractivity contribution is -0.120. The molecular weight excluding hydrogens is 382 g/mol. The minimum absolute atomic E-state index is 0.0960. The Bertz CT molecular complexity index is 1040. The van der Waals surface area contributed by atoms with Crippen LogP contribution in [0.15, 0.2) is 55.0 Å². The molecule has 7 nitrogen and oxygen atoms in total. The zero-order chi connectivity index (χ0) is 20.9. The molecule has 0 saturated carbocycles. The number of nitrogens with zero attached hydrogens (tertiary/aromatic N) is 2. The van der Waals surface area contributed by atoms with Crippen molar-refractivity contribution in [3.05, 3.63) is 66.1 Å². The molecule has 0 radical (unpaired) electrons. The van der Waals surface area contributed by atoms with Gasteiger partial charge in [-0.25, -0.2) is 0 Å². The number of amides is 1. The smallest absolute Gasteiger partial charge is 0.224 e. The second kappa shape index (κ2) is 8.82. The van der Waals surface area contributed by atoms with Crippen molar-refractivity contribution in [3.8, 4) is 28.5 Å². The molecule has 2 heterocycles. The van der Waals surface area contributed by atoms with E-state index in [9.17, 15) is 4.79 Å². The highest BCUT2D eigenvalue weighted by molar-refractivity contribution is 5.79. The number of hydrogen-bond acceptors (Lipinski definition) is 6. The van der Waals surface area contributed by atoms with Crippen molar-refractivity contribution in [2.45, 2.75) is 18.9 Å². The lowest BCUT2D eigenvalue weighted by Crippen LogP contribution is -2.35. The summed E-state index contributed by atoms with van der Waals surface area (Å²) in [6.45, 7) is 0.431. The third-order valence-electron chi connectivity index (χ3n) is 5.03. The molecule has 1 N–H and O–H groups in total. The fourth-order valence-corrected chi connectivity index (χ4v) is 3.52. The molecule has 1 aromatic heterocycles. The number of aromatic nitrogens is 2. The Morgan fingerprint density at radius 3 is 2.83 bits per heavy atom. The monoisotopic (exact) mass is 405 g/mol. The summed E-state index contributed by atoms with van der Waals surface area (Å²) in [5.74, 6) is 2.09. The molecule has 0 bridgehead atoms. The molecule has 7 heteroatoms. The van der Waals surface area contributed by atoms with Crippen LogP contribution in [0.1, 0.15) is 11.1 Å². The van der Waals surface area contributed by atoms with Crippen molar-refractivity contribution < 1.29 is 19.0 Å². The molecular formula is C23H23N3O4. The van der Waals surface area contributed by atoms with Crippen LogP contribution in [0.2, 0.25) is 0 Å². The fourth-order valence-electron chi connectivity index (χ4n) is 3.52. The molecule has 0 unspecified atom stereocenters. The maximum atomic E-state index is 12.5. The third kappa shape index (κ3) is 4.35. The maximum absolute atomic E-state index is 12.5. The minimum atomic E-state index is -0.103. The van der Waals surface area contributed by atoms with Gasteiger partial charge in [0.25, 0.3) is 0 Å². The molecule has 0 saturated heterocycles. The van der Waals surface area contributed by atoms with Gasteiger partial charge >= 0.3 is 0 Å². The van der Waals surface area contributed by atoms with Gasteiger partial charge in [0, 0.05) is 29.9 Å². The number of nitrogens with one attached hydrogen (secondary N) is 1. The number of carbonyl (C=O) groups is 1. The van der Waals surface area contributed by atoms with Gasteiger partial charge in [0.15, 0.2) is 0 Å². The van der Waals surface area contributed by atoms with E-state index in [2.05, 4.69) is 21.4 Å². The Morgan fingerprint density at radius 1 is 1.17 bits per heavy atom. The van der Waals surface area contributed by atoms with E-state index in [1.807, 2.05) is 18.2 Å². The zero-order valence-electron chi connectivity index (χ0n) is 16.9. The Morgan fingerprint density at radius 2 is 2.07 bits per heavy atom. The van der Waals surface area contributed by atoms with Crippen LogP contribution in [0.5, 0.6) is 17.2 Å². The molecule has 1 atom stereocenters. The molecule has 3 aromatic rings. The van der Waals surface area contributed by atoms with Gasteiger partial charge in [-0.2, -0.15) is 0 Å². The van der Waals surface area contributed by atoms with Crippen LogP contribution in [0.25, 0.3) is 11.3 Å². The van der Waals surface area contributed by atoms with Crippen molar-refractivity contribution in [3.63, 3.8) is 0 Å². The number of carbonyl (C=O) groups excluding carboxylic acids is 1.